The van der Waals surface area contributed by atoms with Crippen LogP contribution in [0.15, 0.2) is 169 Å². The molecule has 6 aromatic carbocycles. The quantitative estimate of drug-likeness (QED) is 0.210. The molecule has 0 amide bonds. The lowest BCUT2D eigenvalue weighted by molar-refractivity contribution is 0.617. The van der Waals surface area contributed by atoms with E-state index in [-0.39, 0.29) is 6.17 Å². The van der Waals surface area contributed by atoms with Gasteiger partial charge in [-0.25, -0.2) is 0 Å². The van der Waals surface area contributed by atoms with E-state index in [9.17, 15) is 0 Å². The van der Waals surface area contributed by atoms with Crippen LogP contribution >= 0.6 is 0 Å². The molecule has 4 heteroatoms. The van der Waals surface area contributed by atoms with Crippen LogP contribution in [0.1, 0.15) is 24.2 Å². The molecular weight excluding hydrogens is 585 g/mol. The van der Waals surface area contributed by atoms with Gasteiger partial charge in [-0.05, 0) is 65.6 Å². The molecule has 1 unspecified atom stereocenters. The van der Waals surface area contributed by atoms with E-state index in [4.69, 9.17) is 4.99 Å². The number of para-hydroxylation sites is 3. The summed E-state index contributed by atoms with van der Waals surface area (Å²) in [6, 6.07) is 50.8. The van der Waals surface area contributed by atoms with Gasteiger partial charge in [0.1, 0.15) is 12.0 Å². The highest BCUT2D eigenvalue weighted by Gasteiger charge is 2.22. The van der Waals surface area contributed by atoms with Crippen molar-refractivity contribution in [1.82, 2.24) is 14.5 Å². The zero-order valence-corrected chi connectivity index (χ0v) is 26.3. The van der Waals surface area contributed by atoms with Crippen LogP contribution < -0.4 is 15.9 Å². The highest BCUT2D eigenvalue weighted by molar-refractivity contribution is 6.12. The van der Waals surface area contributed by atoms with E-state index in [1.54, 1.807) is 0 Å². The Hall–Kier alpha value is -6.13. The first-order valence-corrected chi connectivity index (χ1v) is 16.7. The third-order valence-electron chi connectivity index (χ3n) is 10.0. The predicted octanol–water partition coefficient (Wildman–Crippen LogP) is 9.16. The van der Waals surface area contributed by atoms with Gasteiger partial charge in [0.25, 0.3) is 0 Å². The number of fused-ring (bicyclic) bond motifs is 7. The number of nitrogens with zero attached hydrogens (tertiary/aromatic N) is 3. The summed E-state index contributed by atoms with van der Waals surface area (Å²) in [5.74, 6) is 1.05. The van der Waals surface area contributed by atoms with E-state index in [0.717, 1.165) is 28.4 Å². The summed E-state index contributed by atoms with van der Waals surface area (Å²) in [7, 11) is 0. The van der Waals surface area contributed by atoms with Crippen LogP contribution in [0, 0.1) is 0 Å². The molecule has 2 aliphatic rings. The lowest BCUT2D eigenvalue weighted by atomic mass is 10.0. The molecule has 2 aromatic heterocycles. The van der Waals surface area contributed by atoms with Crippen LogP contribution in [0.2, 0.25) is 0 Å². The number of rotatable bonds is 4. The number of aromatic nitrogens is 2. The summed E-state index contributed by atoms with van der Waals surface area (Å²) in [6.07, 6.45) is 9.71. The van der Waals surface area contributed by atoms with Crippen molar-refractivity contribution in [3.05, 3.63) is 180 Å². The summed E-state index contributed by atoms with van der Waals surface area (Å²) < 4.78 is 4.91. The first kappa shape index (κ1) is 27.0. The minimum atomic E-state index is -0.190. The zero-order valence-electron chi connectivity index (χ0n) is 26.3. The average molecular weight is 617 g/mol. The Kier molecular flexibility index (Phi) is 6.03. The van der Waals surface area contributed by atoms with Crippen molar-refractivity contribution in [3.63, 3.8) is 0 Å². The van der Waals surface area contributed by atoms with Crippen molar-refractivity contribution in [2.75, 3.05) is 0 Å². The third-order valence-corrected chi connectivity index (χ3v) is 10.0. The van der Waals surface area contributed by atoms with Crippen molar-refractivity contribution >= 4 is 49.4 Å². The van der Waals surface area contributed by atoms with E-state index >= 15 is 0 Å². The number of hydrogen-bond donors (Lipinski definition) is 1. The van der Waals surface area contributed by atoms with Gasteiger partial charge < -0.3 is 9.88 Å². The fourth-order valence-electron chi connectivity index (χ4n) is 7.83. The summed E-state index contributed by atoms with van der Waals surface area (Å²) in [6.45, 7) is 0. The maximum atomic E-state index is 5.14. The molecule has 48 heavy (non-hydrogen) atoms. The molecule has 1 aliphatic carbocycles. The number of allylic oxidation sites excluding steroid dienone is 4. The van der Waals surface area contributed by atoms with E-state index in [0.29, 0.717) is 6.04 Å². The fraction of sp³-hybridized carbons (Fsp3) is 0.0682. The highest BCUT2D eigenvalue weighted by atomic mass is 15.2. The highest BCUT2D eigenvalue weighted by Crippen LogP contribution is 2.39. The van der Waals surface area contributed by atoms with Crippen LogP contribution in [0.5, 0.6) is 0 Å². The SMILES string of the molecule is C1=CC[C@@H](n2c3ccccc3c3cc(-c4ccc5c6ccccc6n(C6=c7ccccc7=NC(c7ccccc7)N6)c5c4)ccc32)C=C1. The molecule has 0 radical (unpaired) electrons. The molecule has 228 valence electrons. The molecule has 0 spiro atoms. The first-order chi connectivity index (χ1) is 23.8. The summed E-state index contributed by atoms with van der Waals surface area (Å²) in [5, 5.41) is 11.0. The van der Waals surface area contributed by atoms with E-state index in [1.807, 2.05) is 0 Å². The number of nitrogens with one attached hydrogen (secondary N) is 1. The van der Waals surface area contributed by atoms with Crippen LogP contribution in [0.4, 0.5) is 0 Å². The largest absolute Gasteiger partial charge is 0.345 e. The molecule has 1 N–H and O–H groups in total. The summed E-state index contributed by atoms with van der Waals surface area (Å²) in [4.78, 5) is 5.14. The van der Waals surface area contributed by atoms with Crippen LogP contribution in [-0.4, -0.2) is 9.13 Å². The standard InChI is InChI=1S/C44H32N4/c1-3-13-29(14-4-1)43-45-38-20-10-7-19-36(38)44(46-43)48-40-22-12-8-17-33(40)35-25-23-31(28-42(35)48)30-24-26-41-37(27-30)34-18-9-11-21-39(34)47(41)32-15-5-2-6-16-32/h1-15,17-28,32,43,46H,16H2/t32-,43?/m0/s1. The third kappa shape index (κ3) is 4.12. The summed E-state index contributed by atoms with van der Waals surface area (Å²) >= 11 is 0. The van der Waals surface area contributed by atoms with Crippen LogP contribution in [-0.2, 0) is 0 Å². The first-order valence-electron chi connectivity index (χ1n) is 16.7. The molecule has 8 aromatic rings. The summed E-state index contributed by atoms with van der Waals surface area (Å²) in [5.41, 5.74) is 8.43. The normalized spacial score (nSPS) is 17.2. The Bertz CT molecular complexity index is 2740. The van der Waals surface area contributed by atoms with Gasteiger partial charge in [-0.15, -0.1) is 0 Å². The van der Waals surface area contributed by atoms with Gasteiger partial charge in [-0.2, -0.15) is 0 Å². The van der Waals surface area contributed by atoms with E-state index in [2.05, 4.69) is 178 Å². The molecule has 4 nitrogen and oxygen atoms in total. The Morgan fingerprint density at radius 2 is 1.25 bits per heavy atom. The molecule has 10 rings (SSSR count). The zero-order chi connectivity index (χ0) is 31.6. The van der Waals surface area contributed by atoms with Crippen molar-refractivity contribution < 1.29 is 0 Å². The maximum Gasteiger partial charge on any atom is 0.146 e. The van der Waals surface area contributed by atoms with Gasteiger partial charge in [0, 0.05) is 37.8 Å². The topological polar surface area (TPSA) is 34.2 Å². The molecule has 1 aliphatic heterocycles. The second kappa shape index (κ2) is 10.7. The van der Waals surface area contributed by atoms with Crippen LogP contribution in [0.3, 0.4) is 0 Å². The monoisotopic (exact) mass is 616 g/mol. The van der Waals surface area contributed by atoms with Crippen molar-refractivity contribution in [2.45, 2.75) is 18.6 Å². The Balaban J connectivity index is 1.19. The molecule has 0 saturated heterocycles. The fourth-order valence-corrected chi connectivity index (χ4v) is 7.83. The minimum absolute atomic E-state index is 0.190. The molecule has 0 saturated carbocycles. The Morgan fingerprint density at radius 3 is 2.10 bits per heavy atom. The molecule has 3 heterocycles. The van der Waals surface area contributed by atoms with Crippen molar-refractivity contribution in [1.29, 1.82) is 0 Å². The molecular formula is C44H32N4. The van der Waals surface area contributed by atoms with Crippen molar-refractivity contribution in [2.24, 2.45) is 4.99 Å². The second-order valence-electron chi connectivity index (χ2n) is 12.8. The maximum absolute atomic E-state index is 5.14. The average Bonchev–Trinajstić information content (AvgIpc) is 3.67. The van der Waals surface area contributed by atoms with Gasteiger partial charge in [0.15, 0.2) is 0 Å². The van der Waals surface area contributed by atoms with Gasteiger partial charge in [-0.1, -0.05) is 121 Å². The number of hydrogen-bond acceptors (Lipinski definition) is 2. The van der Waals surface area contributed by atoms with E-state index in [1.165, 1.54) is 54.7 Å². The van der Waals surface area contributed by atoms with Gasteiger partial charge in [0.2, 0.25) is 0 Å². The van der Waals surface area contributed by atoms with Gasteiger partial charge in [0.05, 0.1) is 22.4 Å². The smallest absolute Gasteiger partial charge is 0.146 e. The Labute approximate surface area is 277 Å². The molecule has 0 fully saturated rings. The second-order valence-corrected chi connectivity index (χ2v) is 12.8. The Morgan fingerprint density at radius 1 is 0.562 bits per heavy atom. The van der Waals surface area contributed by atoms with Gasteiger partial charge in [-0.3, -0.25) is 9.56 Å². The predicted molar refractivity (Wildman–Crippen MR) is 198 cm³/mol. The number of benzene rings is 6. The van der Waals surface area contributed by atoms with Crippen LogP contribution in [0.25, 0.3) is 60.6 Å². The van der Waals surface area contributed by atoms with Crippen molar-refractivity contribution in [3.8, 4) is 11.1 Å². The van der Waals surface area contributed by atoms with Gasteiger partial charge >= 0.3 is 0 Å². The lowest BCUT2D eigenvalue weighted by Crippen LogP contribution is -2.41. The van der Waals surface area contributed by atoms with E-state index < -0.39 is 0 Å². The molecule has 0 bridgehead atoms. The lowest BCUT2D eigenvalue weighted by Gasteiger charge is -2.24. The minimum Gasteiger partial charge on any atom is -0.345 e. The molecule has 2 atom stereocenters.